The second-order valence-corrected chi connectivity index (χ2v) is 12.5. The SMILES string of the molecule is C.COc1cccc([C@@H](Oc2ccc3c(cnn3-c3ccc(F)cc3)c2)[C@H](C)NC(=O)c2ccc(S(C)(=O)=O)s2)c1. The second-order valence-electron chi connectivity index (χ2n) is 9.22. The van der Waals surface area contributed by atoms with Crippen molar-refractivity contribution in [3.63, 3.8) is 0 Å². The van der Waals surface area contributed by atoms with E-state index < -0.39 is 27.9 Å². The number of nitrogens with zero attached hydrogens (tertiary/aromatic N) is 2. The van der Waals surface area contributed by atoms with Crippen molar-refractivity contribution < 1.29 is 27.1 Å². The highest BCUT2D eigenvalue weighted by Crippen LogP contribution is 2.31. The quantitative estimate of drug-likeness (QED) is 0.217. The zero-order valence-corrected chi connectivity index (χ0v) is 23.5. The molecule has 41 heavy (non-hydrogen) atoms. The number of halogens is 1. The number of sulfone groups is 1. The van der Waals surface area contributed by atoms with Crippen LogP contribution in [0.3, 0.4) is 0 Å². The summed E-state index contributed by atoms with van der Waals surface area (Å²) in [4.78, 5) is 13.3. The highest BCUT2D eigenvalue weighted by molar-refractivity contribution is 7.92. The van der Waals surface area contributed by atoms with Crippen LogP contribution < -0.4 is 14.8 Å². The number of thiophene rings is 1. The molecule has 2 aromatic heterocycles. The molecule has 0 saturated carbocycles. The van der Waals surface area contributed by atoms with Crippen LogP contribution in [-0.2, 0) is 9.84 Å². The fraction of sp³-hybridized carbons (Fsp3) is 0.200. The van der Waals surface area contributed by atoms with Crippen LogP contribution in [0.1, 0.15) is 35.7 Å². The van der Waals surface area contributed by atoms with Gasteiger partial charge < -0.3 is 14.8 Å². The van der Waals surface area contributed by atoms with Gasteiger partial charge in [-0.3, -0.25) is 4.79 Å². The van der Waals surface area contributed by atoms with Gasteiger partial charge in [-0.25, -0.2) is 17.5 Å². The van der Waals surface area contributed by atoms with Crippen LogP contribution in [-0.4, -0.2) is 43.5 Å². The van der Waals surface area contributed by atoms with Gasteiger partial charge in [0.05, 0.1) is 35.4 Å². The molecule has 0 saturated heterocycles. The maximum absolute atomic E-state index is 13.4. The summed E-state index contributed by atoms with van der Waals surface area (Å²) in [6.45, 7) is 1.82. The van der Waals surface area contributed by atoms with Crippen LogP contribution in [0.25, 0.3) is 16.6 Å². The molecule has 2 heterocycles. The summed E-state index contributed by atoms with van der Waals surface area (Å²) in [7, 11) is -1.84. The molecule has 11 heteroatoms. The van der Waals surface area contributed by atoms with Crippen LogP contribution in [0.4, 0.5) is 4.39 Å². The lowest BCUT2D eigenvalue weighted by Crippen LogP contribution is -2.39. The molecule has 1 amide bonds. The van der Waals surface area contributed by atoms with Crippen molar-refractivity contribution in [3.05, 3.63) is 101 Å². The minimum atomic E-state index is -3.41. The average molecular weight is 596 g/mol. The first-order valence-corrected chi connectivity index (χ1v) is 15.0. The molecule has 0 aliphatic carbocycles. The number of aromatic nitrogens is 2. The van der Waals surface area contributed by atoms with Crippen LogP contribution in [0.2, 0.25) is 0 Å². The normalized spacial score (nSPS) is 12.8. The lowest BCUT2D eigenvalue weighted by Gasteiger charge is -2.27. The van der Waals surface area contributed by atoms with E-state index in [9.17, 15) is 17.6 Å². The fourth-order valence-electron chi connectivity index (χ4n) is 4.29. The number of benzene rings is 3. The third kappa shape index (κ3) is 6.58. The summed E-state index contributed by atoms with van der Waals surface area (Å²) in [5.41, 5.74) is 2.32. The van der Waals surface area contributed by atoms with Gasteiger partial charge >= 0.3 is 0 Å². The summed E-state index contributed by atoms with van der Waals surface area (Å²) in [5, 5.41) is 8.21. The van der Waals surface area contributed by atoms with Crippen LogP contribution in [0.15, 0.2) is 89.3 Å². The number of fused-ring (bicyclic) bond motifs is 1. The van der Waals surface area contributed by atoms with E-state index in [1.807, 2.05) is 49.4 Å². The molecule has 5 aromatic rings. The summed E-state index contributed by atoms with van der Waals surface area (Å²) < 4.78 is 50.8. The fourth-order valence-corrected chi connectivity index (χ4v) is 6.12. The van der Waals surface area contributed by atoms with Crippen molar-refractivity contribution >= 4 is 38.0 Å². The first-order chi connectivity index (χ1) is 19.1. The molecule has 0 spiro atoms. The number of amides is 1. The van der Waals surface area contributed by atoms with Crippen LogP contribution in [0, 0.1) is 5.82 Å². The van der Waals surface area contributed by atoms with Crippen molar-refractivity contribution in [2.24, 2.45) is 0 Å². The first-order valence-electron chi connectivity index (χ1n) is 12.3. The Bertz CT molecular complexity index is 1780. The number of hydrogen-bond acceptors (Lipinski definition) is 7. The monoisotopic (exact) mass is 595 g/mol. The second kappa shape index (κ2) is 12.1. The zero-order chi connectivity index (χ0) is 28.4. The van der Waals surface area contributed by atoms with Crippen molar-refractivity contribution in [1.29, 1.82) is 0 Å². The summed E-state index contributed by atoms with van der Waals surface area (Å²) >= 11 is 0.919. The number of rotatable bonds is 9. The molecule has 0 bridgehead atoms. The Morgan fingerprint density at radius 2 is 1.78 bits per heavy atom. The molecule has 2 atom stereocenters. The molecule has 5 rings (SSSR count). The molecule has 1 N–H and O–H groups in total. The van der Waals surface area contributed by atoms with Crippen molar-refractivity contribution in [1.82, 2.24) is 15.1 Å². The van der Waals surface area contributed by atoms with Crippen LogP contribution >= 0.6 is 11.3 Å². The lowest BCUT2D eigenvalue weighted by atomic mass is 10.0. The summed E-state index contributed by atoms with van der Waals surface area (Å²) in [5.74, 6) is 0.461. The van der Waals surface area contributed by atoms with Gasteiger partial charge in [-0.05, 0) is 79.2 Å². The number of carbonyl (C=O) groups is 1. The molecule has 0 aliphatic heterocycles. The first kappa shape index (κ1) is 29.8. The number of methoxy groups -OCH3 is 1. The van der Waals surface area contributed by atoms with Gasteiger partial charge in [0.2, 0.25) is 0 Å². The van der Waals surface area contributed by atoms with E-state index in [0.29, 0.717) is 11.5 Å². The van der Waals surface area contributed by atoms with E-state index >= 15 is 0 Å². The number of ether oxygens (including phenoxy) is 2. The van der Waals surface area contributed by atoms with E-state index in [2.05, 4.69) is 10.4 Å². The van der Waals surface area contributed by atoms with Gasteiger partial charge in [-0.15, -0.1) is 11.3 Å². The smallest absolute Gasteiger partial charge is 0.261 e. The van der Waals surface area contributed by atoms with Crippen LogP contribution in [0.5, 0.6) is 11.5 Å². The highest BCUT2D eigenvalue weighted by Gasteiger charge is 2.26. The largest absolute Gasteiger partial charge is 0.497 e. The molecule has 8 nitrogen and oxygen atoms in total. The molecule has 0 radical (unpaired) electrons. The topological polar surface area (TPSA) is 99.5 Å². The summed E-state index contributed by atoms with van der Waals surface area (Å²) in [6.07, 6.45) is 2.20. The van der Waals surface area contributed by atoms with Crippen molar-refractivity contribution in [2.75, 3.05) is 13.4 Å². The highest BCUT2D eigenvalue weighted by atomic mass is 32.2. The van der Waals surface area contributed by atoms with Gasteiger partial charge in [0.25, 0.3) is 5.91 Å². The number of nitrogens with one attached hydrogen (secondary N) is 1. The van der Waals surface area contributed by atoms with Gasteiger partial charge in [-0.1, -0.05) is 19.6 Å². The Morgan fingerprint density at radius 3 is 2.46 bits per heavy atom. The molecule has 0 unspecified atom stereocenters. The molecule has 214 valence electrons. The predicted molar refractivity (Wildman–Crippen MR) is 158 cm³/mol. The Hall–Kier alpha value is -4.22. The average Bonchev–Trinajstić information content (AvgIpc) is 3.60. The van der Waals surface area contributed by atoms with Crippen molar-refractivity contribution in [3.8, 4) is 17.2 Å². The summed E-state index contributed by atoms with van der Waals surface area (Å²) in [6, 6.07) is 21.4. The Morgan fingerprint density at radius 1 is 1.02 bits per heavy atom. The third-order valence-corrected chi connectivity index (χ3v) is 9.18. The molecule has 3 aromatic carbocycles. The van der Waals surface area contributed by atoms with E-state index in [0.717, 1.165) is 39.7 Å². The predicted octanol–water partition coefficient (Wildman–Crippen LogP) is 6.21. The van der Waals surface area contributed by atoms with Gasteiger partial charge in [-0.2, -0.15) is 5.10 Å². The van der Waals surface area contributed by atoms with E-state index in [1.165, 1.54) is 24.3 Å². The minimum absolute atomic E-state index is 0. The van der Waals surface area contributed by atoms with Gasteiger partial charge in [0, 0.05) is 11.6 Å². The maximum Gasteiger partial charge on any atom is 0.261 e. The number of carbonyl (C=O) groups excluding carboxylic acids is 1. The Labute approximate surface area is 242 Å². The Kier molecular flexibility index (Phi) is 8.79. The van der Waals surface area contributed by atoms with Gasteiger partial charge in [0.15, 0.2) is 9.84 Å². The maximum atomic E-state index is 13.4. The molecular weight excluding hydrogens is 565 g/mol. The number of hydrogen-bond donors (Lipinski definition) is 1. The minimum Gasteiger partial charge on any atom is -0.497 e. The van der Waals surface area contributed by atoms with E-state index in [1.54, 1.807) is 30.1 Å². The van der Waals surface area contributed by atoms with E-state index in [-0.39, 0.29) is 22.3 Å². The third-order valence-electron chi connectivity index (χ3n) is 6.28. The van der Waals surface area contributed by atoms with E-state index in [4.69, 9.17) is 9.47 Å². The molecular formula is C30H30FN3O5S2. The van der Waals surface area contributed by atoms with Gasteiger partial charge in [0.1, 0.15) is 27.6 Å². The standard InChI is InChI=1S/C29H26FN3O5S2.CH4/c1-18(32-29(34)26-13-14-27(39-26)40(3,35)36)28(19-5-4-6-23(15-19)37-2)38-24-11-12-25-20(16-24)17-31-33(25)22-9-7-21(30)8-10-22;/h4-18,28H,1-3H3,(H,32,34);1H4/t18-,28-;/m0./s1. The molecule has 0 fully saturated rings. The zero-order valence-electron chi connectivity index (χ0n) is 21.9. The lowest BCUT2D eigenvalue weighted by molar-refractivity contribution is 0.0886. The molecule has 0 aliphatic rings. The Balaban J connectivity index is 0.00000387. The van der Waals surface area contributed by atoms with Crippen molar-refractivity contribution in [2.45, 2.75) is 30.7 Å².